The third-order valence-electron chi connectivity index (χ3n) is 4.65. The van der Waals surface area contributed by atoms with E-state index < -0.39 is 0 Å². The van der Waals surface area contributed by atoms with Crippen LogP contribution in [0.1, 0.15) is 26.7 Å². The lowest BCUT2D eigenvalue weighted by molar-refractivity contribution is -0.913. The lowest BCUT2D eigenvalue weighted by Crippen LogP contribution is -3.14. The summed E-state index contributed by atoms with van der Waals surface area (Å²) >= 11 is 0. The summed E-state index contributed by atoms with van der Waals surface area (Å²) in [5.41, 5.74) is 0. The van der Waals surface area contributed by atoms with E-state index >= 15 is 0 Å². The van der Waals surface area contributed by atoms with Gasteiger partial charge in [-0.15, -0.1) is 0 Å². The summed E-state index contributed by atoms with van der Waals surface area (Å²) in [6.45, 7) is 8.88. The Hall–Kier alpha value is -0.0800. The van der Waals surface area contributed by atoms with Crippen molar-refractivity contribution in [1.82, 2.24) is 0 Å². The molecular formula is C12H24NO+. The Bertz CT molecular complexity index is 195. The fourth-order valence-corrected chi connectivity index (χ4v) is 3.67. The molecule has 1 saturated carbocycles. The highest BCUT2D eigenvalue weighted by atomic mass is 16.3. The number of hydrogen-bond donors (Lipinski definition) is 2. The van der Waals surface area contributed by atoms with Gasteiger partial charge in [-0.1, -0.05) is 6.92 Å². The second-order valence-electron chi connectivity index (χ2n) is 5.34. The zero-order valence-electron chi connectivity index (χ0n) is 9.50. The maximum Gasteiger partial charge on any atom is 0.0824 e. The molecule has 0 radical (unpaired) electrons. The SMILES string of the molecule is CC[NH+]1CC(CO)C2CCC(C)C2C1. The zero-order chi connectivity index (χ0) is 10.1. The van der Waals surface area contributed by atoms with E-state index in [1.54, 1.807) is 4.90 Å². The summed E-state index contributed by atoms with van der Waals surface area (Å²) in [6.07, 6.45) is 2.76. The number of nitrogens with one attached hydrogen (secondary N) is 1. The minimum absolute atomic E-state index is 0.414. The largest absolute Gasteiger partial charge is 0.396 e. The van der Waals surface area contributed by atoms with Crippen molar-refractivity contribution in [3.05, 3.63) is 0 Å². The van der Waals surface area contributed by atoms with Crippen molar-refractivity contribution >= 4 is 0 Å². The molecule has 1 aliphatic heterocycles. The highest BCUT2D eigenvalue weighted by molar-refractivity contribution is 4.88. The Labute approximate surface area is 87.3 Å². The minimum Gasteiger partial charge on any atom is -0.396 e. The number of aliphatic hydroxyl groups is 1. The van der Waals surface area contributed by atoms with Crippen LogP contribution in [-0.2, 0) is 0 Å². The molecule has 2 aliphatic rings. The first-order chi connectivity index (χ1) is 6.76. The first-order valence-corrected chi connectivity index (χ1v) is 6.20. The Morgan fingerprint density at radius 2 is 2.00 bits per heavy atom. The van der Waals surface area contributed by atoms with Crippen LogP contribution in [0.3, 0.4) is 0 Å². The van der Waals surface area contributed by atoms with Gasteiger partial charge in [0.2, 0.25) is 0 Å². The Morgan fingerprint density at radius 1 is 1.21 bits per heavy atom. The van der Waals surface area contributed by atoms with Gasteiger partial charge in [-0.05, 0) is 31.6 Å². The average Bonchev–Trinajstić information content (AvgIpc) is 2.59. The molecule has 0 aromatic heterocycles. The second-order valence-corrected chi connectivity index (χ2v) is 5.34. The van der Waals surface area contributed by atoms with Crippen molar-refractivity contribution in [2.75, 3.05) is 26.2 Å². The molecule has 0 aromatic rings. The summed E-state index contributed by atoms with van der Waals surface area (Å²) in [4.78, 5) is 1.71. The standard InChI is InChI=1S/C12H23NO/c1-3-13-6-10(8-14)11-5-4-9(2)12(11)7-13/h9-12,14H,3-8H2,1-2H3/p+1. The van der Waals surface area contributed by atoms with Gasteiger partial charge in [0.05, 0.1) is 26.2 Å². The molecule has 1 saturated heterocycles. The van der Waals surface area contributed by atoms with Crippen molar-refractivity contribution in [1.29, 1.82) is 0 Å². The normalized spacial score (nSPS) is 47.8. The van der Waals surface area contributed by atoms with Gasteiger partial charge < -0.3 is 10.0 Å². The number of fused-ring (bicyclic) bond motifs is 1. The third-order valence-corrected chi connectivity index (χ3v) is 4.65. The number of rotatable bonds is 2. The average molecular weight is 198 g/mol. The van der Waals surface area contributed by atoms with Gasteiger partial charge in [0, 0.05) is 11.8 Å². The van der Waals surface area contributed by atoms with Gasteiger partial charge in [-0.3, -0.25) is 0 Å². The molecule has 0 aromatic carbocycles. The van der Waals surface area contributed by atoms with Gasteiger partial charge in [-0.2, -0.15) is 0 Å². The van der Waals surface area contributed by atoms with Gasteiger partial charge in [0.25, 0.3) is 0 Å². The van der Waals surface area contributed by atoms with Crippen molar-refractivity contribution in [2.45, 2.75) is 26.7 Å². The summed E-state index contributed by atoms with van der Waals surface area (Å²) in [5.74, 6) is 3.23. The van der Waals surface area contributed by atoms with Crippen LogP contribution in [0.25, 0.3) is 0 Å². The van der Waals surface area contributed by atoms with Gasteiger partial charge in [-0.25, -0.2) is 0 Å². The molecule has 14 heavy (non-hydrogen) atoms. The van der Waals surface area contributed by atoms with Crippen molar-refractivity contribution in [3.63, 3.8) is 0 Å². The second kappa shape index (κ2) is 4.19. The van der Waals surface area contributed by atoms with E-state index in [0.29, 0.717) is 12.5 Å². The number of piperidine rings is 1. The van der Waals surface area contributed by atoms with Crippen LogP contribution in [-0.4, -0.2) is 31.3 Å². The van der Waals surface area contributed by atoms with Crippen LogP contribution in [0.5, 0.6) is 0 Å². The molecule has 1 aliphatic carbocycles. The van der Waals surface area contributed by atoms with Crippen molar-refractivity contribution in [3.8, 4) is 0 Å². The zero-order valence-corrected chi connectivity index (χ0v) is 9.50. The van der Waals surface area contributed by atoms with Crippen LogP contribution in [0, 0.1) is 23.7 Å². The van der Waals surface area contributed by atoms with Crippen molar-refractivity contribution in [2.24, 2.45) is 23.7 Å². The van der Waals surface area contributed by atoms with E-state index in [1.165, 1.54) is 32.5 Å². The smallest absolute Gasteiger partial charge is 0.0824 e. The van der Waals surface area contributed by atoms with Gasteiger partial charge >= 0.3 is 0 Å². The molecule has 2 fully saturated rings. The van der Waals surface area contributed by atoms with Crippen LogP contribution < -0.4 is 4.90 Å². The fraction of sp³-hybridized carbons (Fsp3) is 1.00. The molecule has 0 spiro atoms. The monoisotopic (exact) mass is 198 g/mol. The van der Waals surface area contributed by atoms with E-state index in [2.05, 4.69) is 13.8 Å². The quantitative estimate of drug-likeness (QED) is 0.650. The number of quaternary nitrogens is 1. The van der Waals surface area contributed by atoms with Gasteiger partial charge in [0.15, 0.2) is 0 Å². The first kappa shape index (κ1) is 10.4. The molecule has 2 nitrogen and oxygen atoms in total. The summed E-state index contributed by atoms with van der Waals surface area (Å²) < 4.78 is 0. The Kier molecular flexibility index (Phi) is 3.13. The lowest BCUT2D eigenvalue weighted by atomic mass is 9.78. The topological polar surface area (TPSA) is 24.7 Å². The molecule has 0 bridgehead atoms. The fourth-order valence-electron chi connectivity index (χ4n) is 3.67. The summed E-state index contributed by atoms with van der Waals surface area (Å²) in [5, 5.41) is 9.42. The molecule has 82 valence electrons. The van der Waals surface area contributed by atoms with Crippen LogP contribution >= 0.6 is 0 Å². The molecule has 5 atom stereocenters. The molecule has 0 amide bonds. The molecule has 1 heterocycles. The van der Waals surface area contributed by atoms with Crippen LogP contribution in [0.2, 0.25) is 0 Å². The first-order valence-electron chi connectivity index (χ1n) is 6.20. The molecule has 2 N–H and O–H groups in total. The summed E-state index contributed by atoms with van der Waals surface area (Å²) in [6, 6.07) is 0. The number of aliphatic hydroxyl groups excluding tert-OH is 1. The van der Waals surface area contributed by atoms with E-state index in [0.717, 1.165) is 17.8 Å². The molecule has 2 rings (SSSR count). The van der Waals surface area contributed by atoms with Crippen molar-refractivity contribution < 1.29 is 10.0 Å². The number of likely N-dealkylation sites (tertiary alicyclic amines) is 1. The van der Waals surface area contributed by atoms with E-state index in [1.807, 2.05) is 0 Å². The highest BCUT2D eigenvalue weighted by Gasteiger charge is 2.44. The molecule has 2 heteroatoms. The maximum atomic E-state index is 9.42. The van der Waals surface area contributed by atoms with Crippen LogP contribution in [0.4, 0.5) is 0 Å². The maximum absolute atomic E-state index is 9.42. The number of hydrogen-bond acceptors (Lipinski definition) is 1. The predicted molar refractivity (Wildman–Crippen MR) is 57.2 cm³/mol. The minimum atomic E-state index is 0.414. The Balaban J connectivity index is 2.06. The Morgan fingerprint density at radius 3 is 2.64 bits per heavy atom. The van der Waals surface area contributed by atoms with E-state index in [4.69, 9.17) is 0 Å². The lowest BCUT2D eigenvalue weighted by Gasteiger charge is -2.38. The van der Waals surface area contributed by atoms with E-state index in [9.17, 15) is 5.11 Å². The third kappa shape index (κ3) is 1.70. The molecular weight excluding hydrogens is 174 g/mol. The molecule has 5 unspecified atom stereocenters. The van der Waals surface area contributed by atoms with E-state index in [-0.39, 0.29) is 0 Å². The predicted octanol–water partition coefficient (Wildman–Crippen LogP) is 0.176. The summed E-state index contributed by atoms with van der Waals surface area (Å²) in [7, 11) is 0. The van der Waals surface area contributed by atoms with Crippen LogP contribution in [0.15, 0.2) is 0 Å². The van der Waals surface area contributed by atoms with Gasteiger partial charge in [0.1, 0.15) is 0 Å². The highest BCUT2D eigenvalue weighted by Crippen LogP contribution is 2.41.